The zero-order chi connectivity index (χ0) is 22.9. The standard InChI is InChI=1S/C25H37N5O2S/c1-16(2)24-28-27-17(3)30(24)21-13-19-6-7-20(14-21)29(19)10-8-22(23-5-4-12-33-23)26-25(31)18-9-11-32-15-18/h4-5,12,16,18-22H,6-11,13-15H2,1-3H3,(H,26,31)/t18?,19-,20-,22-/m0/s1. The number of piperidine rings is 1. The molecule has 3 aliphatic rings. The highest BCUT2D eigenvalue weighted by atomic mass is 32.1. The van der Waals surface area contributed by atoms with Gasteiger partial charge in [0, 0.05) is 42.1 Å². The van der Waals surface area contributed by atoms with Crippen LogP contribution in [0.5, 0.6) is 0 Å². The van der Waals surface area contributed by atoms with Crippen LogP contribution in [-0.4, -0.2) is 57.4 Å². The molecule has 5 heterocycles. The van der Waals surface area contributed by atoms with E-state index < -0.39 is 0 Å². The Balaban J connectivity index is 1.24. The van der Waals surface area contributed by atoms with Crippen molar-refractivity contribution in [3.63, 3.8) is 0 Å². The predicted octanol–water partition coefficient (Wildman–Crippen LogP) is 4.22. The lowest BCUT2D eigenvalue weighted by Gasteiger charge is -2.40. The molecule has 33 heavy (non-hydrogen) atoms. The number of hydrogen-bond donors (Lipinski definition) is 1. The fraction of sp³-hybridized carbons (Fsp3) is 0.720. The van der Waals surface area contributed by atoms with Gasteiger partial charge in [-0.15, -0.1) is 21.5 Å². The summed E-state index contributed by atoms with van der Waals surface area (Å²) >= 11 is 1.74. The molecule has 1 amide bonds. The molecule has 3 fully saturated rings. The Hall–Kier alpha value is -1.77. The van der Waals surface area contributed by atoms with E-state index in [1.54, 1.807) is 11.3 Å². The van der Waals surface area contributed by atoms with Crippen LogP contribution in [0.3, 0.4) is 0 Å². The number of nitrogens with one attached hydrogen (secondary N) is 1. The van der Waals surface area contributed by atoms with Crippen molar-refractivity contribution < 1.29 is 9.53 Å². The van der Waals surface area contributed by atoms with E-state index >= 15 is 0 Å². The van der Waals surface area contributed by atoms with Gasteiger partial charge in [-0.1, -0.05) is 19.9 Å². The Kier molecular flexibility index (Phi) is 6.86. The first-order valence-electron chi connectivity index (χ1n) is 12.6. The number of nitrogens with zero attached hydrogens (tertiary/aromatic N) is 4. The number of fused-ring (bicyclic) bond motifs is 2. The second kappa shape index (κ2) is 9.84. The summed E-state index contributed by atoms with van der Waals surface area (Å²) in [5.74, 6) is 2.72. The molecule has 180 valence electrons. The minimum absolute atomic E-state index is 0.00145. The normalized spacial score (nSPS) is 28.5. The van der Waals surface area contributed by atoms with E-state index in [2.05, 4.69) is 63.3 Å². The van der Waals surface area contributed by atoms with Gasteiger partial charge in [-0.2, -0.15) is 0 Å². The minimum Gasteiger partial charge on any atom is -0.381 e. The maximum Gasteiger partial charge on any atom is 0.226 e. The number of thiophene rings is 1. The molecule has 0 spiro atoms. The third-order valence-corrected chi connectivity index (χ3v) is 8.80. The monoisotopic (exact) mass is 471 g/mol. The van der Waals surface area contributed by atoms with Crippen LogP contribution in [0.1, 0.15) is 86.9 Å². The average molecular weight is 472 g/mol. The molecule has 0 saturated carbocycles. The number of amides is 1. The molecule has 0 aliphatic carbocycles. The van der Waals surface area contributed by atoms with Crippen molar-refractivity contribution in [1.82, 2.24) is 25.0 Å². The molecule has 7 nitrogen and oxygen atoms in total. The number of ether oxygens (including phenoxy) is 1. The van der Waals surface area contributed by atoms with Crippen LogP contribution in [0, 0.1) is 12.8 Å². The van der Waals surface area contributed by atoms with Gasteiger partial charge in [-0.05, 0) is 56.9 Å². The van der Waals surface area contributed by atoms with Crippen LogP contribution in [0.25, 0.3) is 0 Å². The molecule has 8 heteroatoms. The van der Waals surface area contributed by atoms with Gasteiger partial charge in [0.1, 0.15) is 11.6 Å². The van der Waals surface area contributed by atoms with E-state index in [4.69, 9.17) is 4.74 Å². The van der Waals surface area contributed by atoms with Crippen molar-refractivity contribution in [3.8, 4) is 0 Å². The lowest BCUT2D eigenvalue weighted by molar-refractivity contribution is -0.125. The predicted molar refractivity (Wildman–Crippen MR) is 129 cm³/mol. The Morgan fingerprint density at radius 2 is 2.00 bits per heavy atom. The highest BCUT2D eigenvalue weighted by molar-refractivity contribution is 7.10. The fourth-order valence-electron chi connectivity index (χ4n) is 6.14. The smallest absolute Gasteiger partial charge is 0.226 e. The summed E-state index contributed by atoms with van der Waals surface area (Å²) in [5, 5.41) is 14.3. The maximum atomic E-state index is 12.8. The Morgan fingerprint density at radius 1 is 1.21 bits per heavy atom. The summed E-state index contributed by atoms with van der Waals surface area (Å²) in [5.41, 5.74) is 0. The summed E-state index contributed by atoms with van der Waals surface area (Å²) < 4.78 is 7.86. The van der Waals surface area contributed by atoms with Gasteiger partial charge in [0.05, 0.1) is 18.6 Å². The number of carbonyl (C=O) groups is 1. The number of rotatable bonds is 8. The molecule has 2 aromatic heterocycles. The van der Waals surface area contributed by atoms with E-state index in [0.717, 1.165) is 31.0 Å². The van der Waals surface area contributed by atoms with Crippen LogP contribution in [0.4, 0.5) is 0 Å². The van der Waals surface area contributed by atoms with Crippen LogP contribution in [0.15, 0.2) is 17.5 Å². The van der Waals surface area contributed by atoms with Crippen molar-refractivity contribution >= 4 is 17.2 Å². The summed E-state index contributed by atoms with van der Waals surface area (Å²) in [7, 11) is 0. The van der Waals surface area contributed by atoms with Crippen LogP contribution in [-0.2, 0) is 9.53 Å². The molecule has 4 atom stereocenters. The number of hydrogen-bond acceptors (Lipinski definition) is 6. The Labute approximate surface area is 200 Å². The van der Waals surface area contributed by atoms with Gasteiger partial charge >= 0.3 is 0 Å². The van der Waals surface area contributed by atoms with Gasteiger partial charge in [-0.25, -0.2) is 0 Å². The van der Waals surface area contributed by atoms with Crippen molar-refractivity contribution in [2.75, 3.05) is 19.8 Å². The van der Waals surface area contributed by atoms with Crippen molar-refractivity contribution in [2.24, 2.45) is 5.92 Å². The van der Waals surface area contributed by atoms with E-state index in [1.165, 1.54) is 30.6 Å². The summed E-state index contributed by atoms with van der Waals surface area (Å²) in [6, 6.07) is 6.05. The largest absolute Gasteiger partial charge is 0.381 e. The average Bonchev–Trinajstić information content (AvgIpc) is 3.59. The van der Waals surface area contributed by atoms with Crippen molar-refractivity contribution in [3.05, 3.63) is 34.0 Å². The molecule has 2 bridgehead atoms. The summed E-state index contributed by atoms with van der Waals surface area (Å²) in [6.07, 6.45) is 6.68. The third kappa shape index (κ3) is 4.75. The van der Waals surface area contributed by atoms with Gasteiger partial charge in [0.15, 0.2) is 0 Å². The molecule has 0 aromatic carbocycles. The van der Waals surface area contributed by atoms with E-state index in [1.807, 2.05) is 0 Å². The van der Waals surface area contributed by atoms with Gasteiger partial charge in [0.2, 0.25) is 5.91 Å². The fourth-order valence-corrected chi connectivity index (χ4v) is 6.95. The first-order valence-corrected chi connectivity index (χ1v) is 13.5. The molecule has 5 rings (SSSR count). The molecule has 3 saturated heterocycles. The lowest BCUT2D eigenvalue weighted by atomic mass is 9.95. The van der Waals surface area contributed by atoms with Gasteiger partial charge < -0.3 is 14.6 Å². The SMILES string of the molecule is Cc1nnc(C(C)C)n1C1C[C@@H]2CC[C@@H](C1)N2CC[C@H](NC(=O)C1CCOC1)c1cccs1. The topological polar surface area (TPSA) is 72.3 Å². The van der Waals surface area contributed by atoms with Gasteiger partial charge in [-0.3, -0.25) is 9.69 Å². The summed E-state index contributed by atoms with van der Waals surface area (Å²) in [6.45, 7) is 8.80. The maximum absolute atomic E-state index is 12.8. The third-order valence-electron chi connectivity index (χ3n) is 7.81. The minimum atomic E-state index is 0.00145. The molecule has 1 N–H and O–H groups in total. The zero-order valence-electron chi connectivity index (χ0n) is 20.1. The Bertz CT molecular complexity index is 923. The molecular weight excluding hydrogens is 434 g/mol. The van der Waals surface area contributed by atoms with Crippen molar-refractivity contribution in [1.29, 1.82) is 0 Å². The van der Waals surface area contributed by atoms with Crippen molar-refractivity contribution in [2.45, 2.75) is 89.4 Å². The second-order valence-electron chi connectivity index (χ2n) is 10.3. The highest BCUT2D eigenvalue weighted by Gasteiger charge is 2.42. The number of aryl methyl sites for hydroxylation is 1. The van der Waals surface area contributed by atoms with E-state index in [-0.39, 0.29) is 17.9 Å². The van der Waals surface area contributed by atoms with E-state index in [9.17, 15) is 4.79 Å². The first-order chi connectivity index (χ1) is 16.0. The zero-order valence-corrected chi connectivity index (χ0v) is 20.9. The molecule has 1 unspecified atom stereocenters. The highest BCUT2D eigenvalue weighted by Crippen LogP contribution is 2.42. The lowest BCUT2D eigenvalue weighted by Crippen LogP contribution is -2.45. The van der Waals surface area contributed by atoms with Crippen LogP contribution < -0.4 is 5.32 Å². The van der Waals surface area contributed by atoms with E-state index in [0.29, 0.717) is 37.3 Å². The number of aromatic nitrogens is 3. The van der Waals surface area contributed by atoms with Crippen LogP contribution >= 0.6 is 11.3 Å². The van der Waals surface area contributed by atoms with Gasteiger partial charge in [0.25, 0.3) is 0 Å². The molecule has 3 aliphatic heterocycles. The quantitative estimate of drug-likeness (QED) is 0.624. The Morgan fingerprint density at radius 3 is 2.64 bits per heavy atom. The molecule has 2 aromatic rings. The first kappa shape index (κ1) is 23.0. The summed E-state index contributed by atoms with van der Waals surface area (Å²) in [4.78, 5) is 16.8. The molecular formula is C25H37N5O2S. The molecule has 0 radical (unpaired) electrons. The number of carbonyl (C=O) groups excluding carboxylic acids is 1. The second-order valence-corrected chi connectivity index (χ2v) is 11.3. The van der Waals surface area contributed by atoms with Crippen LogP contribution in [0.2, 0.25) is 0 Å².